The fourth-order valence-electron chi connectivity index (χ4n) is 3.60. The minimum atomic E-state index is -1.47. The van der Waals surface area contributed by atoms with E-state index in [-0.39, 0.29) is 22.4 Å². The van der Waals surface area contributed by atoms with Crippen LogP contribution >= 0.6 is 0 Å². The Hall–Kier alpha value is -3.35. The summed E-state index contributed by atoms with van der Waals surface area (Å²) in [5.41, 5.74) is 2.69. The van der Waals surface area contributed by atoms with Crippen LogP contribution in [0.25, 0.3) is 11.0 Å². The van der Waals surface area contributed by atoms with E-state index in [0.29, 0.717) is 0 Å². The molecule has 0 saturated carbocycles. The highest BCUT2D eigenvalue weighted by Crippen LogP contribution is 2.36. The number of hydrogen-bond donors (Lipinski definition) is 4. The summed E-state index contributed by atoms with van der Waals surface area (Å²) in [5.74, 6) is -0.910. The predicted molar refractivity (Wildman–Crippen MR) is 109 cm³/mol. The summed E-state index contributed by atoms with van der Waals surface area (Å²) in [5, 5.41) is 23.4. The third kappa shape index (κ3) is 4.47. The molecule has 2 aromatic rings. The summed E-state index contributed by atoms with van der Waals surface area (Å²) in [6.07, 6.45) is -5.92. The molecule has 1 saturated heterocycles. The van der Waals surface area contributed by atoms with Crippen molar-refractivity contribution in [3.05, 3.63) is 28.6 Å². The van der Waals surface area contributed by atoms with Gasteiger partial charge in [0.1, 0.15) is 17.4 Å². The van der Waals surface area contributed by atoms with Crippen LogP contribution in [0.3, 0.4) is 0 Å². The first-order valence-electron chi connectivity index (χ1n) is 9.53. The Morgan fingerprint density at radius 2 is 1.97 bits per heavy atom. The third-order valence-corrected chi connectivity index (χ3v) is 4.93. The van der Waals surface area contributed by atoms with Crippen molar-refractivity contribution in [3.8, 4) is 11.5 Å². The lowest BCUT2D eigenvalue weighted by Gasteiger charge is -2.47. The Balaban J connectivity index is 1.93. The number of anilines is 1. The summed E-state index contributed by atoms with van der Waals surface area (Å²) in [4.78, 5) is 34.7. The lowest BCUT2D eigenvalue weighted by atomic mass is 9.89. The zero-order chi connectivity index (χ0) is 23.8. The van der Waals surface area contributed by atoms with Gasteiger partial charge in [-0.25, -0.2) is 9.59 Å². The van der Waals surface area contributed by atoms with Crippen molar-refractivity contribution in [2.75, 3.05) is 12.4 Å². The van der Waals surface area contributed by atoms with E-state index in [4.69, 9.17) is 29.1 Å². The van der Waals surface area contributed by atoms with Crippen LogP contribution in [0.2, 0.25) is 0 Å². The van der Waals surface area contributed by atoms with E-state index in [1.807, 2.05) is 0 Å². The lowest BCUT2D eigenvalue weighted by Crippen LogP contribution is -2.65. The van der Waals surface area contributed by atoms with E-state index in [9.17, 15) is 24.6 Å². The van der Waals surface area contributed by atoms with Gasteiger partial charge in [-0.2, -0.15) is 0 Å². The van der Waals surface area contributed by atoms with Crippen LogP contribution in [-0.4, -0.2) is 59.5 Å². The molecule has 3 rings (SSSR count). The molecule has 4 unspecified atom stereocenters. The topological polar surface area (TPSA) is 180 Å². The molecular weight excluding hydrogens is 428 g/mol. The molecule has 12 heteroatoms. The minimum Gasteiger partial charge on any atom is -0.505 e. The second-order valence-electron chi connectivity index (χ2n) is 7.71. The fraction of sp³-hybridized carbons (Fsp3) is 0.450. The van der Waals surface area contributed by atoms with E-state index in [2.05, 4.69) is 5.32 Å². The quantitative estimate of drug-likeness (QED) is 0.474. The lowest BCUT2D eigenvalue weighted by molar-refractivity contribution is -0.304. The molecule has 174 valence electrons. The van der Waals surface area contributed by atoms with Crippen molar-refractivity contribution < 1.29 is 43.2 Å². The first kappa shape index (κ1) is 23.3. The van der Waals surface area contributed by atoms with E-state index in [0.717, 1.165) is 0 Å². The Kier molecular flexibility index (Phi) is 6.30. The number of aliphatic hydroxyl groups is 1. The number of carbonyl (C=O) groups is 2. The predicted octanol–water partition coefficient (Wildman–Crippen LogP) is 0.810. The largest absolute Gasteiger partial charge is 0.505 e. The van der Waals surface area contributed by atoms with E-state index < -0.39 is 53.6 Å². The number of methoxy groups -OCH3 is 1. The van der Waals surface area contributed by atoms with E-state index in [1.165, 1.54) is 32.2 Å². The van der Waals surface area contributed by atoms with Gasteiger partial charge in [0, 0.05) is 20.1 Å². The highest BCUT2D eigenvalue weighted by atomic mass is 16.7. The molecule has 0 spiro atoms. The van der Waals surface area contributed by atoms with Crippen LogP contribution in [-0.2, 0) is 19.0 Å². The maximum absolute atomic E-state index is 12.1. The molecular formula is C20H24N2O10. The molecule has 0 radical (unpaired) electrons. The number of rotatable bonds is 5. The van der Waals surface area contributed by atoms with Gasteiger partial charge >= 0.3 is 11.7 Å². The Morgan fingerprint density at radius 3 is 2.56 bits per heavy atom. The summed E-state index contributed by atoms with van der Waals surface area (Å²) in [7, 11) is 1.37. The summed E-state index contributed by atoms with van der Waals surface area (Å²) in [6.45, 7) is 4.49. The Morgan fingerprint density at radius 1 is 1.28 bits per heavy atom. The molecule has 2 amide bonds. The highest BCUT2D eigenvalue weighted by Gasteiger charge is 2.53. The zero-order valence-electron chi connectivity index (χ0n) is 17.8. The minimum absolute atomic E-state index is 0.0386. The molecule has 32 heavy (non-hydrogen) atoms. The summed E-state index contributed by atoms with van der Waals surface area (Å²) in [6, 6.07) is 4.11. The van der Waals surface area contributed by atoms with Gasteiger partial charge in [-0.1, -0.05) is 0 Å². The molecule has 5 N–H and O–H groups in total. The summed E-state index contributed by atoms with van der Waals surface area (Å²) >= 11 is 0. The first-order chi connectivity index (χ1) is 14.9. The van der Waals surface area contributed by atoms with Crippen molar-refractivity contribution in [1.82, 2.24) is 0 Å². The molecule has 4 atom stereocenters. The van der Waals surface area contributed by atoms with Gasteiger partial charge < -0.3 is 44.6 Å². The average molecular weight is 452 g/mol. The smallest absolute Gasteiger partial charge is 0.404 e. The van der Waals surface area contributed by atoms with Crippen molar-refractivity contribution in [1.29, 1.82) is 0 Å². The second kappa shape index (κ2) is 8.65. The Labute approximate surface area is 181 Å². The molecule has 12 nitrogen and oxygen atoms in total. The molecule has 1 aromatic carbocycles. The Bertz CT molecular complexity index is 1100. The van der Waals surface area contributed by atoms with E-state index >= 15 is 0 Å². The van der Waals surface area contributed by atoms with Crippen LogP contribution in [0.15, 0.2) is 27.4 Å². The normalized spacial score (nSPS) is 24.7. The van der Waals surface area contributed by atoms with Crippen LogP contribution in [0, 0.1) is 0 Å². The molecule has 1 aliphatic heterocycles. The third-order valence-electron chi connectivity index (χ3n) is 4.93. The van der Waals surface area contributed by atoms with Gasteiger partial charge in [-0.15, -0.1) is 0 Å². The van der Waals surface area contributed by atoms with Crippen molar-refractivity contribution in [3.63, 3.8) is 0 Å². The van der Waals surface area contributed by atoms with Crippen molar-refractivity contribution >= 4 is 28.7 Å². The van der Waals surface area contributed by atoms with Crippen molar-refractivity contribution in [2.24, 2.45) is 5.73 Å². The molecule has 1 aromatic heterocycles. The second-order valence-corrected chi connectivity index (χ2v) is 7.71. The monoisotopic (exact) mass is 452 g/mol. The highest BCUT2D eigenvalue weighted by molar-refractivity contribution is 5.96. The number of aromatic hydroxyl groups is 1. The van der Waals surface area contributed by atoms with Crippen molar-refractivity contribution in [2.45, 2.75) is 51.0 Å². The number of primary amides is 1. The van der Waals surface area contributed by atoms with Gasteiger partial charge in [0.2, 0.25) is 12.2 Å². The number of aliphatic hydroxyl groups excluding tert-OH is 1. The number of nitrogens with one attached hydrogen (secondary N) is 1. The molecule has 1 fully saturated rings. The number of nitrogens with two attached hydrogens (primary N) is 1. The van der Waals surface area contributed by atoms with Gasteiger partial charge in [0.15, 0.2) is 23.6 Å². The zero-order valence-corrected chi connectivity index (χ0v) is 17.8. The summed E-state index contributed by atoms with van der Waals surface area (Å²) < 4.78 is 27.1. The number of benzene rings is 1. The number of hydrogen-bond acceptors (Lipinski definition) is 10. The van der Waals surface area contributed by atoms with Crippen LogP contribution in [0.1, 0.15) is 20.8 Å². The van der Waals surface area contributed by atoms with Gasteiger partial charge in [0.25, 0.3) is 0 Å². The average Bonchev–Trinajstić information content (AvgIpc) is 2.68. The van der Waals surface area contributed by atoms with Gasteiger partial charge in [-0.05, 0) is 26.0 Å². The number of fused-ring (bicyclic) bond motifs is 1. The SMILES string of the molecule is COC1C(OC(N)=O)C(O)C(Oc2ccc3c(O)c(NC(C)=O)c(=O)oc3c2)OC1(C)C. The number of amides is 2. The van der Waals surface area contributed by atoms with Crippen LogP contribution < -0.4 is 21.4 Å². The number of ether oxygens (including phenoxy) is 4. The van der Waals surface area contributed by atoms with E-state index in [1.54, 1.807) is 13.8 Å². The van der Waals surface area contributed by atoms with Crippen LogP contribution in [0.5, 0.6) is 11.5 Å². The molecule has 1 aliphatic rings. The standard InChI is InChI=1S/C20H24N2O10/c1-8(23)22-12-13(24)10-6-5-9(7-11(10)30-17(12)26)29-18-14(25)15(31-19(21)27)16(28-4)20(2,3)32-18/h5-7,14-16,18,24-25H,1-4H3,(H2,21,27)(H,22,23). The maximum Gasteiger partial charge on any atom is 0.404 e. The van der Waals surface area contributed by atoms with Crippen LogP contribution in [0.4, 0.5) is 10.5 Å². The maximum atomic E-state index is 12.1. The molecule has 0 bridgehead atoms. The molecule has 2 heterocycles. The van der Waals surface area contributed by atoms with Gasteiger partial charge in [0.05, 0.1) is 11.0 Å². The first-order valence-corrected chi connectivity index (χ1v) is 9.53. The van der Waals surface area contributed by atoms with Gasteiger partial charge in [-0.3, -0.25) is 4.79 Å². The fourth-order valence-corrected chi connectivity index (χ4v) is 3.60. The number of carbonyl (C=O) groups excluding carboxylic acids is 2. The molecule has 0 aliphatic carbocycles.